The minimum Gasteiger partial charge on any atom is -0.261 e. The first-order valence-corrected chi connectivity index (χ1v) is 5.23. The molecule has 1 heteroatoms. The van der Waals surface area contributed by atoms with E-state index in [1.165, 1.54) is 36.9 Å². The van der Waals surface area contributed by atoms with Gasteiger partial charge in [0, 0.05) is 11.9 Å². The maximum absolute atomic E-state index is 4.49. The third-order valence-electron chi connectivity index (χ3n) is 3.65. The first-order chi connectivity index (χ1) is 6.29. The van der Waals surface area contributed by atoms with Gasteiger partial charge >= 0.3 is 0 Å². The predicted octanol–water partition coefficient (Wildman–Crippen LogP) is 2.91. The fraction of sp³-hybridized carbons (Fsp3) is 0.583. The van der Waals surface area contributed by atoms with Crippen LogP contribution in [0.25, 0.3) is 0 Å². The molecule has 0 radical (unpaired) electrons. The van der Waals surface area contributed by atoms with Crippen LogP contribution in [0.2, 0.25) is 0 Å². The zero-order valence-corrected chi connectivity index (χ0v) is 8.09. The van der Waals surface area contributed by atoms with Gasteiger partial charge in [-0.3, -0.25) is 4.98 Å². The van der Waals surface area contributed by atoms with E-state index in [2.05, 4.69) is 24.0 Å². The smallest absolute Gasteiger partial charge is 0.0464 e. The van der Waals surface area contributed by atoms with Crippen molar-refractivity contribution in [3.05, 3.63) is 29.6 Å². The van der Waals surface area contributed by atoms with Crippen molar-refractivity contribution < 1.29 is 0 Å². The van der Waals surface area contributed by atoms with Crippen LogP contribution < -0.4 is 0 Å². The van der Waals surface area contributed by atoms with Gasteiger partial charge in [0.1, 0.15) is 0 Å². The topological polar surface area (TPSA) is 12.9 Å². The van der Waals surface area contributed by atoms with Crippen LogP contribution in [-0.4, -0.2) is 4.98 Å². The zero-order valence-electron chi connectivity index (χ0n) is 8.09. The SMILES string of the molecule is CC1CC2(CC2)Cc2cccnc21. The monoisotopic (exact) mass is 173 g/mol. The number of hydrogen-bond acceptors (Lipinski definition) is 1. The highest BCUT2D eigenvalue weighted by atomic mass is 14.7. The second-order valence-electron chi connectivity index (χ2n) is 4.83. The lowest BCUT2D eigenvalue weighted by molar-refractivity contribution is 0.388. The summed E-state index contributed by atoms with van der Waals surface area (Å²) in [4.78, 5) is 4.49. The third-order valence-corrected chi connectivity index (χ3v) is 3.65. The zero-order chi connectivity index (χ0) is 8.89. The molecule has 1 heterocycles. The van der Waals surface area contributed by atoms with E-state index in [1.807, 2.05) is 6.20 Å². The normalized spacial score (nSPS) is 28.5. The lowest BCUT2D eigenvalue weighted by atomic mass is 9.78. The summed E-state index contributed by atoms with van der Waals surface area (Å²) in [6.07, 6.45) is 7.50. The Kier molecular flexibility index (Phi) is 1.36. The quantitative estimate of drug-likeness (QED) is 0.588. The molecule has 1 saturated carbocycles. The number of nitrogens with zero attached hydrogens (tertiary/aromatic N) is 1. The lowest BCUT2D eigenvalue weighted by Crippen LogP contribution is -2.19. The van der Waals surface area contributed by atoms with Crippen LogP contribution in [0.1, 0.15) is 43.4 Å². The third kappa shape index (κ3) is 1.10. The summed E-state index contributed by atoms with van der Waals surface area (Å²) in [5, 5.41) is 0. The molecule has 0 saturated heterocycles. The van der Waals surface area contributed by atoms with Crippen molar-refractivity contribution in [1.29, 1.82) is 0 Å². The molecule has 2 aliphatic rings. The maximum Gasteiger partial charge on any atom is 0.0464 e. The van der Waals surface area contributed by atoms with Gasteiger partial charge < -0.3 is 0 Å². The molecule has 13 heavy (non-hydrogen) atoms. The molecule has 0 amide bonds. The van der Waals surface area contributed by atoms with E-state index in [-0.39, 0.29) is 0 Å². The molecule has 1 unspecified atom stereocenters. The fourth-order valence-corrected chi connectivity index (χ4v) is 2.82. The average Bonchev–Trinajstić information content (AvgIpc) is 2.85. The van der Waals surface area contributed by atoms with Gasteiger partial charge in [0.2, 0.25) is 0 Å². The summed E-state index contributed by atoms with van der Waals surface area (Å²) in [6, 6.07) is 4.34. The van der Waals surface area contributed by atoms with Crippen molar-refractivity contribution in [2.45, 2.75) is 38.5 Å². The molecule has 68 valence electrons. The van der Waals surface area contributed by atoms with Gasteiger partial charge in [0.25, 0.3) is 0 Å². The number of aromatic nitrogens is 1. The summed E-state index contributed by atoms with van der Waals surface area (Å²) in [5.74, 6) is 0.687. The van der Waals surface area contributed by atoms with Crippen LogP contribution in [0.4, 0.5) is 0 Å². The molecule has 1 atom stereocenters. The van der Waals surface area contributed by atoms with Crippen molar-refractivity contribution in [3.8, 4) is 0 Å². The standard InChI is InChI=1S/C12H15N/c1-9-7-12(4-5-12)8-10-3-2-6-13-11(9)10/h2-3,6,9H,4-5,7-8H2,1H3. The molecule has 0 N–H and O–H groups in total. The Hall–Kier alpha value is -0.850. The summed E-state index contributed by atoms with van der Waals surface area (Å²) < 4.78 is 0. The largest absolute Gasteiger partial charge is 0.261 e. The number of hydrogen-bond donors (Lipinski definition) is 0. The second kappa shape index (κ2) is 2.34. The number of pyridine rings is 1. The molecule has 1 nitrogen and oxygen atoms in total. The minimum atomic E-state index is 0.687. The van der Waals surface area contributed by atoms with E-state index in [0.29, 0.717) is 11.3 Å². The highest BCUT2D eigenvalue weighted by Crippen LogP contribution is 2.57. The summed E-state index contributed by atoms with van der Waals surface area (Å²) >= 11 is 0. The average molecular weight is 173 g/mol. The van der Waals surface area contributed by atoms with Crippen LogP contribution in [0.15, 0.2) is 18.3 Å². The molecule has 1 spiro atoms. The van der Waals surface area contributed by atoms with Crippen LogP contribution in [-0.2, 0) is 6.42 Å². The first-order valence-electron chi connectivity index (χ1n) is 5.23. The van der Waals surface area contributed by atoms with E-state index in [0.717, 1.165) is 0 Å². The van der Waals surface area contributed by atoms with Gasteiger partial charge in [-0.2, -0.15) is 0 Å². The van der Waals surface area contributed by atoms with Crippen molar-refractivity contribution >= 4 is 0 Å². The molecule has 3 rings (SSSR count). The number of rotatable bonds is 0. The van der Waals surface area contributed by atoms with E-state index >= 15 is 0 Å². The number of fused-ring (bicyclic) bond motifs is 1. The molecule has 0 aliphatic heterocycles. The Morgan fingerprint density at radius 1 is 1.46 bits per heavy atom. The van der Waals surface area contributed by atoms with Gasteiger partial charge in [-0.25, -0.2) is 0 Å². The van der Waals surface area contributed by atoms with Crippen LogP contribution >= 0.6 is 0 Å². The first kappa shape index (κ1) is 7.54. The molecular weight excluding hydrogens is 158 g/mol. The van der Waals surface area contributed by atoms with E-state index < -0.39 is 0 Å². The fourth-order valence-electron chi connectivity index (χ4n) is 2.82. The van der Waals surface area contributed by atoms with E-state index in [1.54, 1.807) is 0 Å². The van der Waals surface area contributed by atoms with Crippen molar-refractivity contribution in [3.63, 3.8) is 0 Å². The lowest BCUT2D eigenvalue weighted by Gasteiger charge is -2.28. The molecule has 0 aromatic carbocycles. The molecule has 1 fully saturated rings. The van der Waals surface area contributed by atoms with Gasteiger partial charge in [0.05, 0.1) is 0 Å². The van der Waals surface area contributed by atoms with Crippen molar-refractivity contribution in [2.24, 2.45) is 5.41 Å². The molecule has 0 bridgehead atoms. The molecule has 2 aliphatic carbocycles. The maximum atomic E-state index is 4.49. The summed E-state index contributed by atoms with van der Waals surface area (Å²) in [5.41, 5.74) is 3.58. The van der Waals surface area contributed by atoms with Crippen LogP contribution in [0.3, 0.4) is 0 Å². The highest BCUT2D eigenvalue weighted by molar-refractivity contribution is 5.29. The Labute approximate surface area is 79.2 Å². The molecule has 1 aromatic heterocycles. The Bertz CT molecular complexity index is 339. The van der Waals surface area contributed by atoms with Gasteiger partial charge in [-0.1, -0.05) is 13.0 Å². The Morgan fingerprint density at radius 3 is 3.08 bits per heavy atom. The minimum absolute atomic E-state index is 0.687. The van der Waals surface area contributed by atoms with E-state index in [4.69, 9.17) is 0 Å². The van der Waals surface area contributed by atoms with Crippen molar-refractivity contribution in [2.75, 3.05) is 0 Å². The second-order valence-corrected chi connectivity index (χ2v) is 4.83. The van der Waals surface area contributed by atoms with Gasteiger partial charge in [-0.05, 0) is 48.6 Å². The van der Waals surface area contributed by atoms with E-state index in [9.17, 15) is 0 Å². The van der Waals surface area contributed by atoms with Crippen LogP contribution in [0, 0.1) is 5.41 Å². The van der Waals surface area contributed by atoms with Gasteiger partial charge in [-0.15, -0.1) is 0 Å². The Morgan fingerprint density at radius 2 is 2.31 bits per heavy atom. The summed E-state index contributed by atoms with van der Waals surface area (Å²) in [6.45, 7) is 2.32. The Balaban J connectivity index is 2.05. The highest BCUT2D eigenvalue weighted by Gasteiger charge is 2.46. The molecular formula is C12H15N. The van der Waals surface area contributed by atoms with Crippen molar-refractivity contribution in [1.82, 2.24) is 4.98 Å². The molecule has 1 aromatic rings. The summed E-state index contributed by atoms with van der Waals surface area (Å²) in [7, 11) is 0. The van der Waals surface area contributed by atoms with Crippen LogP contribution in [0.5, 0.6) is 0 Å². The van der Waals surface area contributed by atoms with Gasteiger partial charge in [0.15, 0.2) is 0 Å². The predicted molar refractivity (Wildman–Crippen MR) is 52.6 cm³/mol.